The van der Waals surface area contributed by atoms with E-state index in [0.29, 0.717) is 12.2 Å². The Morgan fingerprint density at radius 2 is 1.21 bits per heavy atom. The van der Waals surface area contributed by atoms with Crippen molar-refractivity contribution in [1.29, 1.82) is 0 Å². The van der Waals surface area contributed by atoms with Gasteiger partial charge in [0, 0.05) is 10.5 Å². The molecule has 3 nitrogen and oxygen atoms in total. The predicted molar refractivity (Wildman–Crippen MR) is 122 cm³/mol. The first-order chi connectivity index (χ1) is 14.2. The SMILES string of the molecule is CCCCCCCCOc1ccc(SC(=O)c2ccc(OCCCC)cc2)cc1. The van der Waals surface area contributed by atoms with E-state index in [0.717, 1.165) is 42.3 Å². The molecule has 0 saturated heterocycles. The molecule has 2 aromatic rings. The molecule has 0 aliphatic heterocycles. The highest BCUT2D eigenvalue weighted by atomic mass is 32.2. The van der Waals surface area contributed by atoms with Crippen LogP contribution in [0.2, 0.25) is 0 Å². The molecule has 2 aromatic carbocycles. The molecule has 0 bridgehead atoms. The maximum Gasteiger partial charge on any atom is 0.224 e. The summed E-state index contributed by atoms with van der Waals surface area (Å²) in [5, 5.41) is 0.0332. The standard InChI is InChI=1S/C25H34O3S/c1-3-5-7-8-9-10-20-28-23-15-17-24(18-16-23)29-25(26)21-11-13-22(14-12-21)27-19-6-4-2/h11-18H,3-10,19-20H2,1-2H3. The summed E-state index contributed by atoms with van der Waals surface area (Å²) in [6.45, 7) is 5.84. The van der Waals surface area contributed by atoms with Gasteiger partial charge in [0.15, 0.2) is 0 Å². The van der Waals surface area contributed by atoms with Gasteiger partial charge in [0.25, 0.3) is 0 Å². The quantitative estimate of drug-likeness (QED) is 0.236. The van der Waals surface area contributed by atoms with Gasteiger partial charge < -0.3 is 9.47 Å². The molecule has 4 heteroatoms. The zero-order valence-electron chi connectivity index (χ0n) is 17.8. The van der Waals surface area contributed by atoms with Crippen molar-refractivity contribution in [3.63, 3.8) is 0 Å². The summed E-state index contributed by atoms with van der Waals surface area (Å²) in [7, 11) is 0. The molecule has 0 aliphatic rings. The van der Waals surface area contributed by atoms with E-state index in [1.54, 1.807) is 0 Å². The van der Waals surface area contributed by atoms with Crippen molar-refractivity contribution >= 4 is 16.9 Å². The van der Waals surface area contributed by atoms with Gasteiger partial charge in [0.05, 0.1) is 13.2 Å². The summed E-state index contributed by atoms with van der Waals surface area (Å²) in [5.74, 6) is 1.68. The molecular weight excluding hydrogens is 380 g/mol. The van der Waals surface area contributed by atoms with Crippen molar-refractivity contribution in [3.8, 4) is 11.5 Å². The van der Waals surface area contributed by atoms with Gasteiger partial charge in [0.1, 0.15) is 11.5 Å². The molecule has 0 atom stereocenters. The highest BCUT2D eigenvalue weighted by Crippen LogP contribution is 2.26. The summed E-state index contributed by atoms with van der Waals surface area (Å²) in [6.07, 6.45) is 9.69. The topological polar surface area (TPSA) is 35.5 Å². The summed E-state index contributed by atoms with van der Waals surface area (Å²) in [6, 6.07) is 15.2. The third kappa shape index (κ3) is 9.40. The Morgan fingerprint density at radius 3 is 1.83 bits per heavy atom. The molecule has 0 aromatic heterocycles. The number of carbonyl (C=O) groups excluding carboxylic acids is 1. The van der Waals surface area contributed by atoms with Crippen molar-refractivity contribution < 1.29 is 14.3 Å². The van der Waals surface area contributed by atoms with Gasteiger partial charge in [-0.3, -0.25) is 4.79 Å². The summed E-state index contributed by atoms with van der Waals surface area (Å²) in [4.78, 5) is 13.4. The van der Waals surface area contributed by atoms with Crippen LogP contribution >= 0.6 is 11.8 Å². The van der Waals surface area contributed by atoms with E-state index in [1.165, 1.54) is 43.9 Å². The normalized spacial score (nSPS) is 10.7. The van der Waals surface area contributed by atoms with Crippen LogP contribution in [0.3, 0.4) is 0 Å². The van der Waals surface area contributed by atoms with Crippen LogP contribution < -0.4 is 9.47 Å². The lowest BCUT2D eigenvalue weighted by atomic mass is 10.1. The molecule has 0 saturated carbocycles. The smallest absolute Gasteiger partial charge is 0.224 e. The van der Waals surface area contributed by atoms with Gasteiger partial charge in [-0.05, 0) is 73.1 Å². The lowest BCUT2D eigenvalue weighted by Crippen LogP contribution is -1.98. The van der Waals surface area contributed by atoms with E-state index in [2.05, 4.69) is 13.8 Å². The predicted octanol–water partition coefficient (Wildman–Crippen LogP) is 7.54. The van der Waals surface area contributed by atoms with Gasteiger partial charge in [-0.15, -0.1) is 0 Å². The average Bonchev–Trinajstić information content (AvgIpc) is 2.75. The number of benzene rings is 2. The Labute approximate surface area is 180 Å². The fraction of sp³-hybridized carbons (Fsp3) is 0.480. The molecule has 0 N–H and O–H groups in total. The highest BCUT2D eigenvalue weighted by molar-refractivity contribution is 8.14. The fourth-order valence-electron chi connectivity index (χ4n) is 2.86. The number of rotatable bonds is 14. The van der Waals surface area contributed by atoms with E-state index in [-0.39, 0.29) is 5.12 Å². The Kier molecular flexibility index (Phi) is 11.4. The monoisotopic (exact) mass is 414 g/mol. The van der Waals surface area contributed by atoms with Crippen molar-refractivity contribution in [2.24, 2.45) is 0 Å². The van der Waals surface area contributed by atoms with Crippen molar-refractivity contribution in [2.75, 3.05) is 13.2 Å². The molecule has 158 valence electrons. The van der Waals surface area contributed by atoms with Gasteiger partial charge in [-0.2, -0.15) is 0 Å². The minimum absolute atomic E-state index is 0.0332. The third-order valence-corrected chi connectivity index (χ3v) is 5.59. The lowest BCUT2D eigenvalue weighted by molar-refractivity contribution is 0.108. The van der Waals surface area contributed by atoms with E-state index < -0.39 is 0 Å². The van der Waals surface area contributed by atoms with Crippen LogP contribution in [-0.4, -0.2) is 18.3 Å². The van der Waals surface area contributed by atoms with Crippen molar-refractivity contribution in [2.45, 2.75) is 70.1 Å². The summed E-state index contributed by atoms with van der Waals surface area (Å²) < 4.78 is 11.4. The van der Waals surface area contributed by atoms with Crippen molar-refractivity contribution in [3.05, 3.63) is 54.1 Å². The van der Waals surface area contributed by atoms with Crippen LogP contribution in [0, 0.1) is 0 Å². The molecule has 29 heavy (non-hydrogen) atoms. The van der Waals surface area contributed by atoms with E-state index in [9.17, 15) is 4.79 Å². The second kappa shape index (κ2) is 14.1. The van der Waals surface area contributed by atoms with Crippen LogP contribution in [-0.2, 0) is 0 Å². The second-order valence-electron chi connectivity index (χ2n) is 7.20. The molecule has 0 unspecified atom stereocenters. The molecule has 0 aliphatic carbocycles. The van der Waals surface area contributed by atoms with Crippen LogP contribution in [0.4, 0.5) is 0 Å². The van der Waals surface area contributed by atoms with Gasteiger partial charge in [-0.1, -0.05) is 52.4 Å². The number of hydrogen-bond donors (Lipinski definition) is 0. The van der Waals surface area contributed by atoms with Crippen LogP contribution in [0.15, 0.2) is 53.4 Å². The van der Waals surface area contributed by atoms with Crippen LogP contribution in [0.5, 0.6) is 11.5 Å². The number of carbonyl (C=O) groups is 1. The second-order valence-corrected chi connectivity index (χ2v) is 8.25. The maximum absolute atomic E-state index is 12.5. The largest absolute Gasteiger partial charge is 0.494 e. The maximum atomic E-state index is 12.5. The Morgan fingerprint density at radius 1 is 0.690 bits per heavy atom. The molecule has 0 spiro atoms. The molecule has 0 amide bonds. The Hall–Kier alpha value is -1.94. The minimum Gasteiger partial charge on any atom is -0.494 e. The molecule has 0 radical (unpaired) electrons. The Bertz CT molecular complexity index is 695. The zero-order valence-corrected chi connectivity index (χ0v) is 18.6. The highest BCUT2D eigenvalue weighted by Gasteiger charge is 2.09. The summed E-state index contributed by atoms with van der Waals surface area (Å²) in [5.41, 5.74) is 0.682. The first-order valence-electron chi connectivity index (χ1n) is 10.9. The average molecular weight is 415 g/mol. The third-order valence-electron chi connectivity index (χ3n) is 4.66. The van der Waals surface area contributed by atoms with Crippen LogP contribution in [0.1, 0.15) is 75.6 Å². The Balaban J connectivity index is 1.72. The number of ether oxygens (including phenoxy) is 2. The molecular formula is C25H34O3S. The fourth-order valence-corrected chi connectivity index (χ4v) is 3.60. The zero-order chi connectivity index (χ0) is 20.7. The number of thioether (sulfide) groups is 1. The van der Waals surface area contributed by atoms with Gasteiger partial charge in [-0.25, -0.2) is 0 Å². The number of hydrogen-bond acceptors (Lipinski definition) is 4. The van der Waals surface area contributed by atoms with E-state index in [1.807, 2.05) is 48.5 Å². The molecule has 0 fully saturated rings. The van der Waals surface area contributed by atoms with Gasteiger partial charge in [0.2, 0.25) is 5.12 Å². The first kappa shape index (κ1) is 23.3. The van der Waals surface area contributed by atoms with Crippen LogP contribution in [0.25, 0.3) is 0 Å². The summed E-state index contributed by atoms with van der Waals surface area (Å²) >= 11 is 1.24. The lowest BCUT2D eigenvalue weighted by Gasteiger charge is -2.08. The van der Waals surface area contributed by atoms with E-state index >= 15 is 0 Å². The minimum atomic E-state index is 0.0332. The first-order valence-corrected chi connectivity index (χ1v) is 11.7. The number of unbranched alkanes of at least 4 members (excludes halogenated alkanes) is 6. The van der Waals surface area contributed by atoms with Crippen molar-refractivity contribution in [1.82, 2.24) is 0 Å². The van der Waals surface area contributed by atoms with E-state index in [4.69, 9.17) is 9.47 Å². The molecule has 0 heterocycles. The van der Waals surface area contributed by atoms with Gasteiger partial charge >= 0.3 is 0 Å². The molecule has 2 rings (SSSR count).